The molecule has 1 heterocycles. The molecule has 0 spiro atoms. The molecule has 0 saturated heterocycles. The summed E-state index contributed by atoms with van der Waals surface area (Å²) >= 11 is 0. The number of carboxylic acids is 2. The zero-order chi connectivity index (χ0) is 26.7. The summed E-state index contributed by atoms with van der Waals surface area (Å²) in [6.45, 7) is 1.95. The molecule has 10 heteroatoms. The first-order chi connectivity index (χ1) is 17.6. The molecule has 37 heavy (non-hydrogen) atoms. The number of aromatic carboxylic acids is 2. The lowest BCUT2D eigenvalue weighted by molar-refractivity contribution is 0.0684. The van der Waals surface area contributed by atoms with E-state index >= 15 is 0 Å². The van der Waals surface area contributed by atoms with Crippen molar-refractivity contribution in [2.24, 2.45) is 5.73 Å². The Balaban J connectivity index is 1.73. The number of benzene rings is 3. The summed E-state index contributed by atoms with van der Waals surface area (Å²) in [4.78, 5) is 27.0. The van der Waals surface area contributed by atoms with Gasteiger partial charge in [0.05, 0.1) is 5.56 Å². The molecule has 0 unspecified atom stereocenters. The standard InChI is InChI=1S/C27H20F2N2O6/c1-14-5-6-20(27(34)35)23(7-14)37-25-22(29)12-21(28)24(31-25)36-19-10-17(9-18(11-19)26(32)33)16-4-2-3-15(8-16)13-30/h2-12H,13,30H2,1H3,(H,32,33)(H,34,35). The van der Waals surface area contributed by atoms with Gasteiger partial charge in [-0.25, -0.2) is 18.4 Å². The fraction of sp³-hybridized carbons (Fsp3) is 0.0741. The first-order valence-electron chi connectivity index (χ1n) is 10.9. The van der Waals surface area contributed by atoms with Gasteiger partial charge in [0.2, 0.25) is 0 Å². The van der Waals surface area contributed by atoms with E-state index < -0.39 is 35.3 Å². The van der Waals surface area contributed by atoms with Crippen LogP contribution in [0.3, 0.4) is 0 Å². The van der Waals surface area contributed by atoms with Crippen LogP contribution in [0.25, 0.3) is 11.1 Å². The minimum absolute atomic E-state index is 0.0845. The number of hydrogen-bond acceptors (Lipinski definition) is 6. The zero-order valence-electron chi connectivity index (χ0n) is 19.4. The Labute approximate surface area is 209 Å². The second-order valence-electron chi connectivity index (χ2n) is 8.03. The van der Waals surface area contributed by atoms with Gasteiger partial charge in [0, 0.05) is 12.6 Å². The number of aromatic nitrogens is 1. The van der Waals surface area contributed by atoms with Gasteiger partial charge in [-0.2, -0.15) is 4.98 Å². The van der Waals surface area contributed by atoms with Gasteiger partial charge >= 0.3 is 11.9 Å². The maximum absolute atomic E-state index is 14.6. The van der Waals surface area contributed by atoms with E-state index in [0.29, 0.717) is 22.8 Å². The predicted molar refractivity (Wildman–Crippen MR) is 129 cm³/mol. The molecule has 0 radical (unpaired) electrons. The number of nitrogens with two attached hydrogens (primary N) is 1. The summed E-state index contributed by atoms with van der Waals surface area (Å²) < 4.78 is 40.0. The average Bonchev–Trinajstić information content (AvgIpc) is 2.86. The molecule has 0 aliphatic heterocycles. The van der Waals surface area contributed by atoms with Crippen LogP contribution < -0.4 is 15.2 Å². The summed E-state index contributed by atoms with van der Waals surface area (Å²) in [5.41, 5.74) is 7.85. The van der Waals surface area contributed by atoms with Crippen LogP contribution in [0.4, 0.5) is 8.78 Å². The molecular weight excluding hydrogens is 486 g/mol. The highest BCUT2D eigenvalue weighted by molar-refractivity contribution is 5.91. The molecule has 0 saturated carbocycles. The van der Waals surface area contributed by atoms with Crippen LogP contribution in [0.2, 0.25) is 0 Å². The normalized spacial score (nSPS) is 10.7. The first-order valence-corrected chi connectivity index (χ1v) is 10.9. The minimum Gasteiger partial charge on any atom is -0.478 e. The summed E-state index contributed by atoms with van der Waals surface area (Å²) in [7, 11) is 0. The van der Waals surface area contributed by atoms with Gasteiger partial charge in [0.25, 0.3) is 11.8 Å². The highest BCUT2D eigenvalue weighted by Crippen LogP contribution is 2.34. The Morgan fingerprint density at radius 1 is 0.865 bits per heavy atom. The summed E-state index contributed by atoms with van der Waals surface area (Å²) in [5.74, 6) is -6.66. The van der Waals surface area contributed by atoms with Gasteiger partial charge in [-0.3, -0.25) is 0 Å². The van der Waals surface area contributed by atoms with Crippen molar-refractivity contribution >= 4 is 11.9 Å². The van der Waals surface area contributed by atoms with Crippen molar-refractivity contribution in [2.75, 3.05) is 0 Å². The Kier molecular flexibility index (Phi) is 7.12. The topological polar surface area (TPSA) is 132 Å². The van der Waals surface area contributed by atoms with Crippen molar-refractivity contribution in [3.63, 3.8) is 0 Å². The van der Waals surface area contributed by atoms with Crippen LogP contribution in [0.15, 0.2) is 66.7 Å². The van der Waals surface area contributed by atoms with Crippen LogP contribution in [0.5, 0.6) is 23.3 Å². The van der Waals surface area contributed by atoms with Gasteiger partial charge in [0.1, 0.15) is 17.1 Å². The molecule has 0 fully saturated rings. The Morgan fingerprint density at radius 2 is 1.59 bits per heavy atom. The van der Waals surface area contributed by atoms with Crippen molar-refractivity contribution in [3.8, 4) is 34.4 Å². The molecule has 1 aromatic heterocycles. The second-order valence-corrected chi connectivity index (χ2v) is 8.03. The SMILES string of the molecule is Cc1ccc(C(=O)O)c(Oc2nc(Oc3cc(C(=O)O)cc(-c4cccc(CN)c4)c3)c(F)cc2F)c1. The number of ether oxygens (including phenoxy) is 2. The van der Waals surface area contributed by atoms with Gasteiger partial charge in [-0.1, -0.05) is 24.3 Å². The quantitative estimate of drug-likeness (QED) is 0.274. The van der Waals surface area contributed by atoms with E-state index in [4.69, 9.17) is 15.2 Å². The number of halogens is 2. The van der Waals surface area contributed by atoms with Gasteiger partial charge in [0.15, 0.2) is 11.6 Å². The summed E-state index contributed by atoms with van der Waals surface area (Å²) in [6, 6.07) is 15.8. The second kappa shape index (κ2) is 10.4. The van der Waals surface area contributed by atoms with Crippen molar-refractivity contribution in [1.82, 2.24) is 4.98 Å². The number of aryl methyl sites for hydroxylation is 1. The largest absolute Gasteiger partial charge is 0.478 e. The highest BCUT2D eigenvalue weighted by atomic mass is 19.1. The lowest BCUT2D eigenvalue weighted by Gasteiger charge is -2.13. The average molecular weight is 506 g/mol. The van der Waals surface area contributed by atoms with Gasteiger partial charge in [-0.15, -0.1) is 0 Å². The van der Waals surface area contributed by atoms with Gasteiger partial charge in [-0.05, 0) is 65.6 Å². The van der Waals surface area contributed by atoms with Crippen molar-refractivity contribution in [1.29, 1.82) is 0 Å². The molecular formula is C27H20F2N2O6. The predicted octanol–water partition coefficient (Wildman–Crippen LogP) is 5.77. The maximum Gasteiger partial charge on any atom is 0.339 e. The number of nitrogens with zero attached hydrogens (tertiary/aromatic N) is 1. The first kappa shape index (κ1) is 25.3. The van der Waals surface area contributed by atoms with Crippen LogP contribution in [-0.2, 0) is 6.54 Å². The van der Waals surface area contributed by atoms with E-state index in [9.17, 15) is 28.6 Å². The van der Waals surface area contributed by atoms with Crippen molar-refractivity contribution in [2.45, 2.75) is 13.5 Å². The molecule has 0 bridgehead atoms. The third-order valence-corrected chi connectivity index (χ3v) is 5.30. The van der Waals surface area contributed by atoms with Crippen LogP contribution in [-0.4, -0.2) is 27.1 Å². The van der Waals surface area contributed by atoms with Crippen molar-refractivity contribution in [3.05, 3.63) is 101 Å². The Hall–Kier alpha value is -4.83. The zero-order valence-corrected chi connectivity index (χ0v) is 19.4. The number of carboxylic acid groups (broad SMARTS) is 2. The number of pyridine rings is 1. The number of rotatable bonds is 8. The molecule has 3 aromatic carbocycles. The molecule has 0 amide bonds. The highest BCUT2D eigenvalue weighted by Gasteiger charge is 2.20. The van der Waals surface area contributed by atoms with Crippen LogP contribution in [0.1, 0.15) is 31.8 Å². The number of carbonyl (C=O) groups is 2. The van der Waals surface area contributed by atoms with E-state index in [-0.39, 0.29) is 29.2 Å². The minimum atomic E-state index is -1.31. The lowest BCUT2D eigenvalue weighted by atomic mass is 10.0. The van der Waals surface area contributed by atoms with Crippen LogP contribution >= 0.6 is 0 Å². The molecule has 188 valence electrons. The molecule has 0 aliphatic carbocycles. The van der Waals surface area contributed by atoms with Gasteiger partial charge < -0.3 is 25.4 Å². The summed E-state index contributed by atoms with van der Waals surface area (Å²) in [6.07, 6.45) is 0. The third-order valence-electron chi connectivity index (χ3n) is 5.30. The Bertz CT molecular complexity index is 1520. The smallest absolute Gasteiger partial charge is 0.339 e. The lowest BCUT2D eigenvalue weighted by Crippen LogP contribution is -2.04. The molecule has 4 N–H and O–H groups in total. The van der Waals surface area contributed by atoms with E-state index in [2.05, 4.69) is 4.98 Å². The number of hydrogen-bond donors (Lipinski definition) is 3. The monoisotopic (exact) mass is 506 g/mol. The molecule has 8 nitrogen and oxygen atoms in total. The van der Waals surface area contributed by atoms with Crippen molar-refractivity contribution < 1.29 is 38.1 Å². The maximum atomic E-state index is 14.6. The fourth-order valence-corrected chi connectivity index (χ4v) is 3.51. The van der Waals surface area contributed by atoms with E-state index in [1.807, 2.05) is 6.07 Å². The van der Waals surface area contributed by atoms with E-state index in [1.54, 1.807) is 25.1 Å². The molecule has 4 aromatic rings. The molecule has 0 aliphatic rings. The van der Waals surface area contributed by atoms with E-state index in [1.165, 1.54) is 30.3 Å². The Morgan fingerprint density at radius 3 is 2.27 bits per heavy atom. The molecule has 0 atom stereocenters. The third kappa shape index (κ3) is 5.71. The molecule has 4 rings (SSSR count). The summed E-state index contributed by atoms with van der Waals surface area (Å²) in [5, 5.41) is 18.9. The fourth-order valence-electron chi connectivity index (χ4n) is 3.51. The van der Waals surface area contributed by atoms with Crippen LogP contribution in [0, 0.1) is 18.6 Å². The van der Waals surface area contributed by atoms with E-state index in [0.717, 1.165) is 11.6 Å².